The van der Waals surface area contributed by atoms with Crippen LogP contribution in [0.2, 0.25) is 0 Å². The lowest BCUT2D eigenvalue weighted by molar-refractivity contribution is -0.131. The molecule has 0 aromatic rings. The highest BCUT2D eigenvalue weighted by Crippen LogP contribution is 2.18. The van der Waals surface area contributed by atoms with E-state index < -0.39 is 11.6 Å². The third-order valence-corrected chi connectivity index (χ3v) is 1.76. The Kier molecular flexibility index (Phi) is 2.97. The predicted molar refractivity (Wildman–Crippen MR) is 46.9 cm³/mol. The number of allylic oxidation sites excluding steroid dienone is 3. The van der Waals surface area contributed by atoms with E-state index in [0.29, 0.717) is 24.3 Å². The molecule has 0 aliphatic heterocycles. The maximum atomic E-state index is 11.0. The third kappa shape index (κ3) is 2.03. The van der Waals surface area contributed by atoms with E-state index in [9.17, 15) is 9.59 Å². The predicted octanol–water partition coefficient (Wildman–Crippen LogP) is -0.0563. The highest BCUT2D eigenvalue weighted by Gasteiger charge is 2.19. The standard InChI is InChI=1S/C9H11NO3/c1-13-9-5-8(12)7(11)4-6(9)2-3-10/h4-5H,2-3,10H2,1H3. The van der Waals surface area contributed by atoms with Gasteiger partial charge in [-0.15, -0.1) is 0 Å². The maximum absolute atomic E-state index is 11.0. The molecule has 0 fully saturated rings. The normalized spacial score (nSPS) is 16.8. The van der Waals surface area contributed by atoms with Gasteiger partial charge in [-0.05, 0) is 24.6 Å². The van der Waals surface area contributed by atoms with Crippen LogP contribution in [0.5, 0.6) is 0 Å². The van der Waals surface area contributed by atoms with E-state index in [1.54, 1.807) is 0 Å². The minimum atomic E-state index is -0.544. The summed E-state index contributed by atoms with van der Waals surface area (Å²) in [6.07, 6.45) is 3.03. The summed E-state index contributed by atoms with van der Waals surface area (Å²) < 4.78 is 4.94. The van der Waals surface area contributed by atoms with E-state index in [1.807, 2.05) is 0 Å². The summed E-state index contributed by atoms with van der Waals surface area (Å²) in [4.78, 5) is 21.9. The van der Waals surface area contributed by atoms with E-state index in [0.717, 1.165) is 0 Å². The van der Waals surface area contributed by atoms with Crippen molar-refractivity contribution < 1.29 is 14.3 Å². The largest absolute Gasteiger partial charge is 0.496 e. The summed E-state index contributed by atoms with van der Waals surface area (Å²) in [5.74, 6) is -0.614. The molecule has 0 aromatic carbocycles. The average Bonchev–Trinajstić information content (AvgIpc) is 2.11. The number of ketones is 2. The molecule has 0 heterocycles. The minimum Gasteiger partial charge on any atom is -0.496 e. The van der Waals surface area contributed by atoms with Crippen molar-refractivity contribution >= 4 is 11.6 Å². The van der Waals surface area contributed by atoms with Gasteiger partial charge in [0.1, 0.15) is 5.76 Å². The van der Waals surface area contributed by atoms with Crippen molar-refractivity contribution in [3.63, 3.8) is 0 Å². The number of carbonyl (C=O) groups excluding carboxylic acids is 2. The summed E-state index contributed by atoms with van der Waals surface area (Å²) in [6.45, 7) is 0.425. The summed E-state index contributed by atoms with van der Waals surface area (Å²) in [7, 11) is 1.46. The van der Waals surface area contributed by atoms with Gasteiger partial charge in [0.25, 0.3) is 0 Å². The third-order valence-electron chi connectivity index (χ3n) is 1.76. The first-order valence-corrected chi connectivity index (χ1v) is 3.94. The van der Waals surface area contributed by atoms with E-state index in [2.05, 4.69) is 0 Å². The molecule has 70 valence electrons. The number of methoxy groups -OCH3 is 1. The molecular formula is C9H11NO3. The van der Waals surface area contributed by atoms with Crippen molar-refractivity contribution in [1.82, 2.24) is 0 Å². The molecule has 0 saturated heterocycles. The van der Waals surface area contributed by atoms with Crippen molar-refractivity contribution in [2.75, 3.05) is 13.7 Å². The van der Waals surface area contributed by atoms with Crippen LogP contribution in [0, 0.1) is 0 Å². The van der Waals surface area contributed by atoms with Gasteiger partial charge in [-0.1, -0.05) is 0 Å². The van der Waals surface area contributed by atoms with Crippen LogP contribution in [0.15, 0.2) is 23.5 Å². The molecule has 0 radical (unpaired) electrons. The fourth-order valence-electron chi connectivity index (χ4n) is 1.12. The fraction of sp³-hybridized carbons (Fsp3) is 0.333. The average molecular weight is 181 g/mol. The second kappa shape index (κ2) is 4.00. The zero-order valence-electron chi connectivity index (χ0n) is 7.37. The monoisotopic (exact) mass is 181 g/mol. The van der Waals surface area contributed by atoms with Crippen molar-refractivity contribution in [2.24, 2.45) is 5.73 Å². The lowest BCUT2D eigenvalue weighted by Crippen LogP contribution is -2.17. The molecular weight excluding hydrogens is 170 g/mol. The Labute approximate surface area is 76.1 Å². The van der Waals surface area contributed by atoms with Gasteiger partial charge in [0.15, 0.2) is 0 Å². The van der Waals surface area contributed by atoms with Crippen LogP contribution in [0.25, 0.3) is 0 Å². The number of nitrogens with two attached hydrogens (primary N) is 1. The zero-order chi connectivity index (χ0) is 9.84. The number of rotatable bonds is 3. The highest BCUT2D eigenvalue weighted by molar-refractivity contribution is 6.46. The molecule has 0 atom stereocenters. The highest BCUT2D eigenvalue weighted by atomic mass is 16.5. The molecule has 4 nitrogen and oxygen atoms in total. The van der Waals surface area contributed by atoms with Gasteiger partial charge < -0.3 is 10.5 Å². The second-order valence-corrected chi connectivity index (χ2v) is 2.65. The molecule has 0 saturated carbocycles. The summed E-state index contributed by atoms with van der Waals surface area (Å²) >= 11 is 0. The fourth-order valence-corrected chi connectivity index (χ4v) is 1.12. The Morgan fingerprint density at radius 3 is 2.46 bits per heavy atom. The first kappa shape index (κ1) is 9.67. The minimum absolute atomic E-state index is 0.425. The van der Waals surface area contributed by atoms with Gasteiger partial charge in [0.05, 0.1) is 7.11 Å². The summed E-state index contributed by atoms with van der Waals surface area (Å²) in [5.41, 5.74) is 6.03. The lowest BCUT2D eigenvalue weighted by atomic mass is 10.0. The molecule has 0 unspecified atom stereocenters. The van der Waals surface area contributed by atoms with Gasteiger partial charge in [-0.25, -0.2) is 0 Å². The van der Waals surface area contributed by atoms with Gasteiger partial charge in [0.2, 0.25) is 11.6 Å². The van der Waals surface area contributed by atoms with Crippen LogP contribution in [0.4, 0.5) is 0 Å². The molecule has 1 rings (SSSR count). The number of ether oxygens (including phenoxy) is 1. The molecule has 0 bridgehead atoms. The molecule has 13 heavy (non-hydrogen) atoms. The van der Waals surface area contributed by atoms with Crippen LogP contribution in [0.3, 0.4) is 0 Å². The summed E-state index contributed by atoms with van der Waals surface area (Å²) in [5, 5.41) is 0. The molecule has 2 N–H and O–H groups in total. The van der Waals surface area contributed by atoms with Crippen LogP contribution in [-0.4, -0.2) is 25.2 Å². The maximum Gasteiger partial charge on any atom is 0.229 e. The van der Waals surface area contributed by atoms with Crippen molar-refractivity contribution in [2.45, 2.75) is 6.42 Å². The molecule has 0 aromatic heterocycles. The Morgan fingerprint density at radius 2 is 1.92 bits per heavy atom. The summed E-state index contributed by atoms with van der Waals surface area (Å²) in [6, 6.07) is 0. The molecule has 4 heteroatoms. The Hall–Kier alpha value is -1.42. The van der Waals surface area contributed by atoms with Gasteiger partial charge in [-0.2, -0.15) is 0 Å². The van der Waals surface area contributed by atoms with Gasteiger partial charge in [-0.3, -0.25) is 9.59 Å². The SMILES string of the molecule is COC1=CC(=O)C(=O)C=C1CCN. The van der Waals surface area contributed by atoms with Crippen molar-refractivity contribution in [3.8, 4) is 0 Å². The van der Waals surface area contributed by atoms with Crippen LogP contribution < -0.4 is 5.73 Å². The quantitative estimate of drug-likeness (QED) is 0.489. The van der Waals surface area contributed by atoms with Crippen molar-refractivity contribution in [1.29, 1.82) is 0 Å². The number of carbonyl (C=O) groups is 2. The van der Waals surface area contributed by atoms with Crippen LogP contribution >= 0.6 is 0 Å². The van der Waals surface area contributed by atoms with E-state index in [4.69, 9.17) is 10.5 Å². The van der Waals surface area contributed by atoms with E-state index in [1.165, 1.54) is 19.3 Å². The van der Waals surface area contributed by atoms with E-state index in [-0.39, 0.29) is 0 Å². The smallest absolute Gasteiger partial charge is 0.229 e. The number of hydrogen-bond acceptors (Lipinski definition) is 4. The van der Waals surface area contributed by atoms with Gasteiger partial charge >= 0.3 is 0 Å². The van der Waals surface area contributed by atoms with E-state index >= 15 is 0 Å². The topological polar surface area (TPSA) is 69.4 Å². The van der Waals surface area contributed by atoms with Crippen molar-refractivity contribution in [3.05, 3.63) is 23.5 Å². The Balaban J connectivity index is 2.92. The first-order valence-electron chi connectivity index (χ1n) is 3.94. The lowest BCUT2D eigenvalue weighted by Gasteiger charge is -2.12. The molecule has 0 amide bonds. The molecule has 0 spiro atoms. The number of hydrogen-bond donors (Lipinski definition) is 1. The Bertz CT molecular complexity index is 302. The van der Waals surface area contributed by atoms with Crippen LogP contribution in [0.1, 0.15) is 6.42 Å². The second-order valence-electron chi connectivity index (χ2n) is 2.65. The van der Waals surface area contributed by atoms with Gasteiger partial charge in [0, 0.05) is 6.08 Å². The van der Waals surface area contributed by atoms with Crippen LogP contribution in [-0.2, 0) is 14.3 Å². The first-order chi connectivity index (χ1) is 6.19. The Morgan fingerprint density at radius 1 is 1.31 bits per heavy atom. The molecule has 1 aliphatic carbocycles. The zero-order valence-corrected chi connectivity index (χ0v) is 7.37. The molecule has 1 aliphatic rings.